The smallest absolute Gasteiger partial charge is 0.319 e. The molecule has 0 saturated heterocycles. The van der Waals surface area contributed by atoms with Gasteiger partial charge in [-0.3, -0.25) is 4.79 Å². The fraction of sp³-hybridized carbons (Fsp3) is 0.267. The second kappa shape index (κ2) is 7.77. The molecule has 0 fully saturated rings. The molecule has 0 bridgehead atoms. The highest BCUT2D eigenvalue weighted by Gasteiger charge is 2.15. The first kappa shape index (κ1) is 17.0. The van der Waals surface area contributed by atoms with Crippen molar-refractivity contribution in [2.24, 2.45) is 5.92 Å². The maximum absolute atomic E-state index is 12.0. The molecule has 1 unspecified atom stereocenters. The maximum atomic E-state index is 12.0. The van der Waals surface area contributed by atoms with Crippen molar-refractivity contribution in [2.45, 2.75) is 6.92 Å². The molecule has 0 aliphatic heterocycles. The van der Waals surface area contributed by atoms with Crippen LogP contribution in [0.5, 0.6) is 0 Å². The van der Waals surface area contributed by atoms with Gasteiger partial charge in [0.15, 0.2) is 0 Å². The van der Waals surface area contributed by atoms with Gasteiger partial charge >= 0.3 is 12.0 Å². The lowest BCUT2D eigenvalue weighted by Gasteiger charge is -2.14. The van der Waals surface area contributed by atoms with Crippen molar-refractivity contribution in [3.63, 3.8) is 0 Å². The molecule has 1 aromatic heterocycles. The summed E-state index contributed by atoms with van der Waals surface area (Å²) in [6.45, 7) is 1.87. The van der Waals surface area contributed by atoms with Crippen LogP contribution in [0.2, 0.25) is 0 Å². The van der Waals surface area contributed by atoms with Gasteiger partial charge < -0.3 is 15.4 Å². The predicted molar refractivity (Wildman–Crippen MR) is 89.5 cm³/mol. The van der Waals surface area contributed by atoms with E-state index in [1.165, 1.54) is 7.11 Å². The van der Waals surface area contributed by atoms with Gasteiger partial charge in [-0.2, -0.15) is 5.10 Å². The third-order valence-electron chi connectivity index (χ3n) is 3.13. The van der Waals surface area contributed by atoms with Crippen molar-refractivity contribution >= 4 is 33.6 Å². The molecule has 1 heterocycles. The average molecular weight is 381 g/mol. The Bertz CT molecular complexity index is 688. The van der Waals surface area contributed by atoms with Crippen molar-refractivity contribution < 1.29 is 14.3 Å². The normalized spacial score (nSPS) is 11.6. The molecule has 2 aromatic rings. The van der Waals surface area contributed by atoms with Crippen LogP contribution in [0.3, 0.4) is 0 Å². The van der Waals surface area contributed by atoms with Crippen LogP contribution in [-0.4, -0.2) is 35.4 Å². The van der Waals surface area contributed by atoms with E-state index in [2.05, 4.69) is 36.4 Å². The molecule has 0 saturated carbocycles. The number of methoxy groups -OCH3 is 1. The largest absolute Gasteiger partial charge is 0.469 e. The number of benzene rings is 1. The molecule has 2 rings (SSSR count). The summed E-state index contributed by atoms with van der Waals surface area (Å²) in [5, 5.41) is 9.56. The number of halogens is 1. The number of carbonyl (C=O) groups is 2. The zero-order valence-corrected chi connectivity index (χ0v) is 14.3. The molecule has 2 N–H and O–H groups in total. The number of anilines is 1. The highest BCUT2D eigenvalue weighted by atomic mass is 79.9. The molecular formula is C15H17BrN4O3. The van der Waals surface area contributed by atoms with E-state index < -0.39 is 11.9 Å². The first-order chi connectivity index (χ1) is 11.0. The average Bonchev–Trinajstić information content (AvgIpc) is 3.06. The van der Waals surface area contributed by atoms with Crippen LogP contribution in [0.15, 0.2) is 41.1 Å². The van der Waals surface area contributed by atoms with Gasteiger partial charge in [-0.05, 0) is 24.3 Å². The number of nitrogens with zero attached hydrogens (tertiary/aromatic N) is 2. The summed E-state index contributed by atoms with van der Waals surface area (Å²) in [6.07, 6.45) is 3.44. The van der Waals surface area contributed by atoms with Crippen LogP contribution in [0, 0.1) is 5.92 Å². The maximum Gasteiger partial charge on any atom is 0.319 e. The Labute approximate surface area is 142 Å². The summed E-state index contributed by atoms with van der Waals surface area (Å²) in [5.41, 5.74) is 1.32. The van der Waals surface area contributed by atoms with Crippen molar-refractivity contribution in [3.05, 3.63) is 41.1 Å². The minimum atomic E-state index is -0.418. The van der Waals surface area contributed by atoms with E-state index in [1.54, 1.807) is 36.1 Å². The van der Waals surface area contributed by atoms with Crippen molar-refractivity contribution in [3.8, 4) is 5.69 Å². The van der Waals surface area contributed by atoms with E-state index in [4.69, 9.17) is 0 Å². The van der Waals surface area contributed by atoms with Crippen LogP contribution in [-0.2, 0) is 9.53 Å². The Balaban J connectivity index is 2.06. The molecule has 7 nitrogen and oxygen atoms in total. The zero-order valence-electron chi connectivity index (χ0n) is 12.7. The minimum Gasteiger partial charge on any atom is -0.469 e. The summed E-state index contributed by atoms with van der Waals surface area (Å²) in [7, 11) is 1.32. The van der Waals surface area contributed by atoms with E-state index in [0.29, 0.717) is 5.69 Å². The van der Waals surface area contributed by atoms with Gasteiger partial charge in [0, 0.05) is 23.4 Å². The molecule has 122 valence electrons. The molecular weight excluding hydrogens is 364 g/mol. The predicted octanol–water partition coefficient (Wildman–Crippen LogP) is 2.57. The van der Waals surface area contributed by atoms with Crippen LogP contribution < -0.4 is 10.6 Å². The van der Waals surface area contributed by atoms with Gasteiger partial charge in [-0.1, -0.05) is 22.9 Å². The van der Waals surface area contributed by atoms with Crippen molar-refractivity contribution in [1.29, 1.82) is 0 Å². The standard InChI is InChI=1S/C15H17BrN4O3/c1-10(14(21)23-2)9-17-15(22)19-12-8-11(16)4-5-13(12)20-7-3-6-18-20/h3-8,10H,9H2,1-2H3,(H2,17,19,22). The van der Waals surface area contributed by atoms with Gasteiger partial charge in [0.2, 0.25) is 0 Å². The lowest BCUT2D eigenvalue weighted by molar-refractivity contribution is -0.144. The zero-order chi connectivity index (χ0) is 16.8. The van der Waals surface area contributed by atoms with Crippen LogP contribution >= 0.6 is 15.9 Å². The molecule has 8 heteroatoms. The van der Waals surface area contributed by atoms with E-state index >= 15 is 0 Å². The fourth-order valence-electron chi connectivity index (χ4n) is 1.92. The summed E-state index contributed by atoms with van der Waals surface area (Å²) < 4.78 is 7.10. The first-order valence-corrected chi connectivity index (χ1v) is 7.73. The Morgan fingerprint density at radius 1 is 1.43 bits per heavy atom. The first-order valence-electron chi connectivity index (χ1n) is 6.93. The number of hydrogen-bond acceptors (Lipinski definition) is 4. The highest BCUT2D eigenvalue weighted by Crippen LogP contribution is 2.24. The SMILES string of the molecule is COC(=O)C(C)CNC(=O)Nc1cc(Br)ccc1-n1cccn1. The number of urea groups is 1. The lowest BCUT2D eigenvalue weighted by atomic mass is 10.2. The molecule has 2 amide bonds. The Hall–Kier alpha value is -2.35. The number of amides is 2. The van der Waals surface area contributed by atoms with E-state index in [1.807, 2.05) is 12.1 Å². The molecule has 0 aliphatic carbocycles. The van der Waals surface area contributed by atoms with Crippen molar-refractivity contribution in [2.75, 3.05) is 19.0 Å². The monoisotopic (exact) mass is 380 g/mol. The lowest BCUT2D eigenvalue weighted by Crippen LogP contribution is -2.35. The molecule has 1 aromatic carbocycles. The van der Waals surface area contributed by atoms with Crippen LogP contribution in [0.25, 0.3) is 5.69 Å². The van der Waals surface area contributed by atoms with Gasteiger partial charge in [0.25, 0.3) is 0 Å². The van der Waals surface area contributed by atoms with Gasteiger partial charge in [-0.15, -0.1) is 0 Å². The third-order valence-corrected chi connectivity index (χ3v) is 3.62. The Morgan fingerprint density at radius 3 is 2.87 bits per heavy atom. The van der Waals surface area contributed by atoms with Crippen LogP contribution in [0.4, 0.5) is 10.5 Å². The summed E-state index contributed by atoms with van der Waals surface area (Å²) in [6, 6.07) is 6.86. The number of esters is 1. The van der Waals surface area contributed by atoms with E-state index in [-0.39, 0.29) is 12.5 Å². The number of carbonyl (C=O) groups excluding carboxylic acids is 2. The molecule has 0 radical (unpaired) electrons. The number of aromatic nitrogens is 2. The Kier molecular flexibility index (Phi) is 5.75. The number of ether oxygens (including phenoxy) is 1. The summed E-state index contributed by atoms with van der Waals surface area (Å²) >= 11 is 3.38. The molecule has 0 spiro atoms. The quantitative estimate of drug-likeness (QED) is 0.780. The summed E-state index contributed by atoms with van der Waals surface area (Å²) in [5.74, 6) is -0.788. The number of hydrogen-bond donors (Lipinski definition) is 2. The van der Waals surface area contributed by atoms with Crippen LogP contribution in [0.1, 0.15) is 6.92 Å². The summed E-state index contributed by atoms with van der Waals surface area (Å²) in [4.78, 5) is 23.4. The second-order valence-electron chi connectivity index (χ2n) is 4.87. The van der Waals surface area contributed by atoms with Gasteiger partial charge in [0.05, 0.1) is 24.4 Å². The minimum absolute atomic E-state index is 0.184. The molecule has 0 aliphatic rings. The second-order valence-corrected chi connectivity index (χ2v) is 5.79. The molecule has 23 heavy (non-hydrogen) atoms. The van der Waals surface area contributed by atoms with Gasteiger partial charge in [-0.25, -0.2) is 9.48 Å². The number of rotatable bonds is 5. The van der Waals surface area contributed by atoms with E-state index in [0.717, 1.165) is 10.2 Å². The topological polar surface area (TPSA) is 85.2 Å². The fourth-order valence-corrected chi connectivity index (χ4v) is 2.28. The van der Waals surface area contributed by atoms with E-state index in [9.17, 15) is 9.59 Å². The Morgan fingerprint density at radius 2 is 2.22 bits per heavy atom. The molecule has 1 atom stereocenters. The highest BCUT2D eigenvalue weighted by molar-refractivity contribution is 9.10. The third kappa shape index (κ3) is 4.56. The van der Waals surface area contributed by atoms with Gasteiger partial charge in [0.1, 0.15) is 0 Å². The number of nitrogens with one attached hydrogen (secondary N) is 2. The van der Waals surface area contributed by atoms with Crippen molar-refractivity contribution in [1.82, 2.24) is 15.1 Å².